The number of ether oxygens (including phenoxy) is 2. The van der Waals surface area contributed by atoms with E-state index >= 15 is 0 Å². The van der Waals surface area contributed by atoms with E-state index in [-0.39, 0.29) is 22.2 Å². The Morgan fingerprint density at radius 3 is 2.36 bits per heavy atom. The maximum atomic E-state index is 13.3. The van der Waals surface area contributed by atoms with Gasteiger partial charge in [0.15, 0.2) is 11.5 Å². The number of rotatable bonds is 4. The minimum absolute atomic E-state index is 0.0820. The van der Waals surface area contributed by atoms with E-state index in [0.717, 1.165) is 17.8 Å². The van der Waals surface area contributed by atoms with Gasteiger partial charge in [-0.05, 0) is 54.6 Å². The molecular formula is C19H14F3NO4S. The van der Waals surface area contributed by atoms with Gasteiger partial charge in [0.1, 0.15) is 5.75 Å². The van der Waals surface area contributed by atoms with Crippen molar-refractivity contribution in [2.24, 2.45) is 0 Å². The molecule has 0 saturated carbocycles. The second-order valence-corrected chi connectivity index (χ2v) is 6.88. The molecule has 1 heterocycles. The lowest BCUT2D eigenvalue weighted by molar-refractivity contribution is -0.138. The van der Waals surface area contributed by atoms with E-state index in [4.69, 9.17) is 9.47 Å². The van der Waals surface area contributed by atoms with Crippen molar-refractivity contribution in [2.45, 2.75) is 13.1 Å². The number of amides is 2. The predicted molar refractivity (Wildman–Crippen MR) is 98.4 cm³/mol. The van der Waals surface area contributed by atoms with Crippen LogP contribution in [0.4, 0.5) is 18.0 Å². The fraction of sp³-hybridized carbons (Fsp3) is 0.158. The van der Waals surface area contributed by atoms with Crippen LogP contribution in [0, 0.1) is 6.92 Å². The van der Waals surface area contributed by atoms with Crippen LogP contribution in [0.25, 0.3) is 6.08 Å². The number of aryl methyl sites for hydroxylation is 1. The fourth-order valence-electron chi connectivity index (χ4n) is 2.50. The molecule has 5 nitrogen and oxygen atoms in total. The Kier molecular flexibility index (Phi) is 5.37. The lowest BCUT2D eigenvalue weighted by Gasteiger charge is -2.16. The summed E-state index contributed by atoms with van der Waals surface area (Å²) >= 11 is 0.759. The zero-order chi connectivity index (χ0) is 20.5. The highest BCUT2D eigenvalue weighted by molar-refractivity contribution is 8.18. The van der Waals surface area contributed by atoms with Crippen molar-refractivity contribution in [3.8, 4) is 17.2 Å². The zero-order valence-electron chi connectivity index (χ0n) is 14.7. The number of halogens is 3. The van der Waals surface area contributed by atoms with E-state index in [9.17, 15) is 22.8 Å². The molecule has 1 saturated heterocycles. The average Bonchev–Trinajstić information content (AvgIpc) is 2.93. The van der Waals surface area contributed by atoms with Gasteiger partial charge in [-0.15, -0.1) is 0 Å². The number of carbonyl (C=O) groups excluding carboxylic acids is 2. The number of hydrogen-bond acceptors (Lipinski definition) is 5. The Labute approximate surface area is 162 Å². The molecule has 2 aromatic rings. The van der Waals surface area contributed by atoms with Crippen LogP contribution in [0.5, 0.6) is 17.2 Å². The zero-order valence-corrected chi connectivity index (χ0v) is 15.5. The molecule has 0 atom stereocenters. The second-order valence-electron chi connectivity index (χ2n) is 5.86. The average molecular weight is 409 g/mol. The Bertz CT molecular complexity index is 986. The number of hydrogen-bond donors (Lipinski definition) is 1. The van der Waals surface area contributed by atoms with Crippen molar-refractivity contribution >= 4 is 29.0 Å². The van der Waals surface area contributed by atoms with Crippen LogP contribution in [0.15, 0.2) is 41.3 Å². The number of methoxy groups -OCH3 is 1. The molecule has 2 amide bonds. The third-order valence-corrected chi connectivity index (χ3v) is 4.60. The Morgan fingerprint density at radius 1 is 1.04 bits per heavy atom. The third kappa shape index (κ3) is 4.30. The van der Waals surface area contributed by atoms with Gasteiger partial charge in [-0.3, -0.25) is 14.9 Å². The molecule has 1 fully saturated rings. The normalized spacial score (nSPS) is 15.7. The summed E-state index contributed by atoms with van der Waals surface area (Å²) in [5.41, 5.74) is 0.0882. The molecule has 146 valence electrons. The fourth-order valence-corrected chi connectivity index (χ4v) is 3.19. The summed E-state index contributed by atoms with van der Waals surface area (Å²) in [7, 11) is 1.35. The molecule has 28 heavy (non-hydrogen) atoms. The highest BCUT2D eigenvalue weighted by atomic mass is 32.2. The Morgan fingerprint density at radius 2 is 1.75 bits per heavy atom. The summed E-state index contributed by atoms with van der Waals surface area (Å²) in [6.45, 7) is 1.56. The van der Waals surface area contributed by atoms with Crippen molar-refractivity contribution in [3.05, 3.63) is 58.0 Å². The summed E-state index contributed by atoms with van der Waals surface area (Å²) in [6.07, 6.45) is -3.09. The minimum Gasteiger partial charge on any atom is -0.493 e. The summed E-state index contributed by atoms with van der Waals surface area (Å²) in [6, 6.07) is 8.25. The van der Waals surface area contributed by atoms with E-state index in [1.807, 2.05) is 0 Å². The van der Waals surface area contributed by atoms with E-state index in [1.165, 1.54) is 37.5 Å². The van der Waals surface area contributed by atoms with Crippen LogP contribution in [0.1, 0.15) is 16.7 Å². The molecule has 0 radical (unpaired) electrons. The lowest BCUT2D eigenvalue weighted by Crippen LogP contribution is -2.17. The second kappa shape index (κ2) is 7.59. The number of benzene rings is 2. The van der Waals surface area contributed by atoms with Gasteiger partial charge in [0.25, 0.3) is 11.1 Å². The lowest BCUT2D eigenvalue weighted by atomic mass is 10.1. The minimum atomic E-state index is -4.57. The van der Waals surface area contributed by atoms with E-state index in [2.05, 4.69) is 5.32 Å². The van der Waals surface area contributed by atoms with Crippen molar-refractivity contribution in [1.29, 1.82) is 0 Å². The smallest absolute Gasteiger partial charge is 0.419 e. The first-order valence-corrected chi connectivity index (χ1v) is 8.77. The van der Waals surface area contributed by atoms with Crippen molar-refractivity contribution in [2.75, 3.05) is 7.11 Å². The highest BCUT2D eigenvalue weighted by Gasteiger charge is 2.35. The molecule has 0 unspecified atom stereocenters. The Balaban J connectivity index is 1.94. The molecule has 1 aliphatic rings. The van der Waals surface area contributed by atoms with E-state index in [0.29, 0.717) is 11.1 Å². The molecule has 9 heteroatoms. The van der Waals surface area contributed by atoms with Gasteiger partial charge in [-0.1, -0.05) is 17.7 Å². The van der Waals surface area contributed by atoms with Crippen LogP contribution < -0.4 is 14.8 Å². The van der Waals surface area contributed by atoms with Crippen LogP contribution in [0.2, 0.25) is 0 Å². The van der Waals surface area contributed by atoms with Crippen LogP contribution >= 0.6 is 11.8 Å². The molecule has 0 bridgehead atoms. The van der Waals surface area contributed by atoms with Gasteiger partial charge in [0, 0.05) is 0 Å². The first-order chi connectivity index (χ1) is 13.2. The van der Waals surface area contributed by atoms with Gasteiger partial charge >= 0.3 is 6.18 Å². The monoisotopic (exact) mass is 409 g/mol. The van der Waals surface area contributed by atoms with Crippen molar-refractivity contribution in [3.63, 3.8) is 0 Å². The highest BCUT2D eigenvalue weighted by Crippen LogP contribution is 2.41. The molecule has 3 rings (SSSR count). The molecular weight excluding hydrogens is 395 g/mol. The standard InChI is InChI=1S/C19H14F3NO4S/c1-10-3-5-13(12(7-10)19(20,21)22)27-14-6-4-11(8-15(14)26-2)9-16-17(24)23-18(25)28-16/h3-9H,1-2H3,(H,23,24,25)/b16-9-. The van der Waals surface area contributed by atoms with Crippen LogP contribution in [-0.4, -0.2) is 18.3 Å². The van der Waals surface area contributed by atoms with E-state index < -0.39 is 22.9 Å². The van der Waals surface area contributed by atoms with Gasteiger partial charge in [0.2, 0.25) is 0 Å². The summed E-state index contributed by atoms with van der Waals surface area (Å²) < 4.78 is 50.5. The molecule has 0 aliphatic carbocycles. The SMILES string of the molecule is COc1cc(/C=C2\SC(=O)NC2=O)ccc1Oc1ccc(C)cc1C(F)(F)F. The first-order valence-electron chi connectivity index (χ1n) is 7.96. The Hall–Kier alpha value is -2.94. The third-order valence-electron chi connectivity index (χ3n) is 3.79. The number of nitrogens with one attached hydrogen (secondary N) is 1. The number of thioether (sulfide) groups is 1. The number of carbonyl (C=O) groups is 2. The van der Waals surface area contributed by atoms with Crippen molar-refractivity contribution < 1.29 is 32.2 Å². The van der Waals surface area contributed by atoms with Gasteiger partial charge in [0.05, 0.1) is 17.6 Å². The van der Waals surface area contributed by atoms with Crippen LogP contribution in [0.3, 0.4) is 0 Å². The van der Waals surface area contributed by atoms with Crippen molar-refractivity contribution in [1.82, 2.24) is 5.32 Å². The predicted octanol–water partition coefficient (Wildman–Crippen LogP) is 5.14. The number of imide groups is 1. The summed E-state index contributed by atoms with van der Waals surface area (Å²) in [4.78, 5) is 23.1. The quantitative estimate of drug-likeness (QED) is 0.709. The van der Waals surface area contributed by atoms with Gasteiger partial charge in [-0.25, -0.2) is 0 Å². The largest absolute Gasteiger partial charge is 0.493 e. The molecule has 1 N–H and O–H groups in total. The first kappa shape index (κ1) is 19.8. The molecule has 1 aliphatic heterocycles. The number of alkyl halides is 3. The maximum Gasteiger partial charge on any atom is 0.419 e. The molecule has 2 aromatic carbocycles. The summed E-state index contributed by atoms with van der Waals surface area (Å²) in [5, 5.41) is 1.67. The van der Waals surface area contributed by atoms with E-state index in [1.54, 1.807) is 13.0 Å². The van der Waals surface area contributed by atoms with Gasteiger partial charge < -0.3 is 9.47 Å². The maximum absolute atomic E-state index is 13.3. The molecule has 0 spiro atoms. The topological polar surface area (TPSA) is 64.6 Å². The molecule has 0 aromatic heterocycles. The van der Waals surface area contributed by atoms with Crippen LogP contribution in [-0.2, 0) is 11.0 Å². The van der Waals surface area contributed by atoms with Gasteiger partial charge in [-0.2, -0.15) is 13.2 Å². The summed E-state index contributed by atoms with van der Waals surface area (Å²) in [5.74, 6) is -0.598.